The summed E-state index contributed by atoms with van der Waals surface area (Å²) in [6.07, 6.45) is 1.42. The van der Waals surface area contributed by atoms with Gasteiger partial charge < -0.3 is 0 Å². The van der Waals surface area contributed by atoms with Gasteiger partial charge in [-0.05, 0) is 0 Å². The summed E-state index contributed by atoms with van der Waals surface area (Å²) in [5.74, 6) is 1.37. The summed E-state index contributed by atoms with van der Waals surface area (Å²) in [6, 6.07) is 0. The monoisotopic (exact) mass is 526 g/mol. The third kappa shape index (κ3) is 7.27. The Balaban J connectivity index is 3.25. The molecule has 0 saturated carbocycles. The van der Waals surface area contributed by atoms with Crippen LogP contribution in [0.15, 0.2) is 0 Å². The van der Waals surface area contributed by atoms with Gasteiger partial charge in [0.05, 0.1) is 0 Å². The summed E-state index contributed by atoms with van der Waals surface area (Å²) in [5.41, 5.74) is 0. The normalized spacial score (nSPS) is 21.5. The van der Waals surface area contributed by atoms with Gasteiger partial charge in [-0.15, -0.1) is 0 Å². The van der Waals surface area contributed by atoms with Crippen LogP contribution in [0.1, 0.15) is 61.8 Å². The fourth-order valence-electron chi connectivity index (χ4n) is 2.11. The first-order valence-electron chi connectivity index (χ1n) is 8.14. The summed E-state index contributed by atoms with van der Waals surface area (Å²) < 4.78 is 0.858. The molecule has 7 heteroatoms. The molecule has 0 N–H and O–H groups in total. The van der Waals surface area contributed by atoms with Crippen molar-refractivity contribution >= 4 is 66.4 Å². The molecule has 0 aromatic carbocycles. The van der Waals surface area contributed by atoms with Crippen LogP contribution in [0.5, 0.6) is 0 Å². The first-order valence-corrected chi connectivity index (χ1v) is 29.0. The van der Waals surface area contributed by atoms with E-state index >= 15 is 0 Å². The van der Waals surface area contributed by atoms with Crippen molar-refractivity contribution in [1.29, 1.82) is 0 Å². The molecule has 1 rings (SSSR count). The van der Waals surface area contributed by atoms with Gasteiger partial charge in [0.1, 0.15) is 0 Å². The van der Waals surface area contributed by atoms with Crippen molar-refractivity contribution in [1.82, 2.24) is 0 Å². The predicted octanol–water partition coefficient (Wildman–Crippen LogP) is 7.64. The van der Waals surface area contributed by atoms with E-state index in [-0.39, 0.29) is 0 Å². The van der Waals surface area contributed by atoms with E-state index in [2.05, 4.69) is 111 Å². The molecule has 1 atom stereocenters. The fourth-order valence-corrected chi connectivity index (χ4v) is 122. The second kappa shape index (κ2) is 9.74. The molecule has 1 fully saturated rings. The van der Waals surface area contributed by atoms with Gasteiger partial charge in [0, 0.05) is 0 Å². The van der Waals surface area contributed by atoms with Crippen molar-refractivity contribution in [3.63, 3.8) is 0 Å². The third-order valence-corrected chi connectivity index (χ3v) is 75.4. The van der Waals surface area contributed by atoms with Gasteiger partial charge in [-0.3, -0.25) is 0 Å². The molecule has 22 heavy (non-hydrogen) atoms. The van der Waals surface area contributed by atoms with Gasteiger partial charge in [-0.25, -0.2) is 0 Å². The summed E-state index contributed by atoms with van der Waals surface area (Å²) in [4.78, 5) is 0. The Hall–Kier alpha value is 2.92. The van der Waals surface area contributed by atoms with Crippen LogP contribution in [0.2, 0.25) is 0 Å². The Kier molecular flexibility index (Phi) is 10.2. The summed E-state index contributed by atoms with van der Waals surface area (Å²) >= 11 is 2.20. The quantitative estimate of drug-likeness (QED) is 0.266. The van der Waals surface area contributed by atoms with Gasteiger partial charge in [0.25, 0.3) is 0 Å². The van der Waals surface area contributed by atoms with Crippen LogP contribution in [-0.2, 0) is 0 Å². The molecule has 1 heterocycles. The zero-order valence-corrected chi connectivity index (χ0v) is 22.6. The van der Waals surface area contributed by atoms with Crippen molar-refractivity contribution in [3.8, 4) is 0 Å². The summed E-state index contributed by atoms with van der Waals surface area (Å²) in [7, 11) is 8.99. The molecule has 0 nitrogen and oxygen atoms in total. The Labute approximate surface area is 157 Å². The average molecular weight is 528 g/mol. The second-order valence-corrected chi connectivity index (χ2v) is 66.8. The molecular formula is C15H33S6Sb. The molecular weight excluding hydrogens is 494 g/mol. The van der Waals surface area contributed by atoms with E-state index < -0.39 is 10.4 Å². The average Bonchev–Trinajstić information content (AvgIpc) is 2.19. The van der Waals surface area contributed by atoms with Crippen LogP contribution >= 0.6 is 56.0 Å². The molecule has 0 radical (unpaired) electrons. The number of rotatable bonds is 10. The van der Waals surface area contributed by atoms with E-state index in [0.717, 1.165) is 25.6 Å². The van der Waals surface area contributed by atoms with E-state index in [0.29, 0.717) is 0 Å². The van der Waals surface area contributed by atoms with Crippen LogP contribution in [0.4, 0.5) is 0 Å². The van der Waals surface area contributed by atoms with E-state index in [1.165, 1.54) is 12.2 Å². The molecule has 1 aliphatic rings. The van der Waals surface area contributed by atoms with E-state index in [1.807, 2.05) is 0 Å². The van der Waals surface area contributed by atoms with Crippen LogP contribution in [0.3, 0.4) is 0 Å². The maximum absolute atomic E-state index is 3.05. The van der Waals surface area contributed by atoms with Crippen molar-refractivity contribution in [2.45, 2.75) is 87.4 Å². The van der Waals surface area contributed by atoms with Crippen molar-refractivity contribution < 1.29 is 0 Å². The molecule has 0 amide bonds. The predicted molar refractivity (Wildman–Crippen MR) is 125 cm³/mol. The van der Waals surface area contributed by atoms with Crippen LogP contribution in [0, 0.1) is 0 Å². The maximum atomic E-state index is 2.46. The van der Waals surface area contributed by atoms with Gasteiger partial charge >= 0.3 is 160 Å². The third-order valence-electron chi connectivity index (χ3n) is 2.48. The number of hydrogen-bond acceptors (Lipinski definition) is 6. The van der Waals surface area contributed by atoms with Crippen LogP contribution in [0.25, 0.3) is 0 Å². The molecule has 0 aromatic rings. The summed E-state index contributed by atoms with van der Waals surface area (Å²) in [5, 5.41) is 2.90. The van der Waals surface area contributed by atoms with Gasteiger partial charge in [-0.1, -0.05) is 0 Å². The Morgan fingerprint density at radius 1 is 0.727 bits per heavy atom. The van der Waals surface area contributed by atoms with E-state index in [9.17, 15) is 0 Å². The SMILES string of the molecule is CC(C)[S][Sb]([S]C(C)C)([S]C(C)C)([S]C(C)C)[S]C1CCS1. The Bertz CT molecular complexity index is 289. The molecule has 1 saturated heterocycles. The van der Waals surface area contributed by atoms with Gasteiger partial charge in [0.2, 0.25) is 0 Å². The number of thioether (sulfide) groups is 1. The van der Waals surface area contributed by atoms with Crippen LogP contribution < -0.4 is 0 Å². The standard InChI is InChI=1S/C3H6S2.4C3H8S.Sb/c4-3-1-2-5-3;4*1-3(2)4;/h3-4H,1-2H2;4*3-4H,1-2H3;/q;;;;;+5/p-5. The van der Waals surface area contributed by atoms with Crippen LogP contribution in [-0.4, -0.2) is 41.7 Å². The fraction of sp³-hybridized carbons (Fsp3) is 1.00. The number of hydrogen-bond donors (Lipinski definition) is 0. The van der Waals surface area contributed by atoms with E-state index in [4.69, 9.17) is 0 Å². The molecule has 0 aromatic heterocycles. The zero-order valence-electron chi connectivity index (χ0n) is 15.2. The second-order valence-electron chi connectivity index (χ2n) is 6.56. The topological polar surface area (TPSA) is 0 Å². The Morgan fingerprint density at radius 3 is 1.23 bits per heavy atom. The molecule has 1 unspecified atom stereocenters. The van der Waals surface area contributed by atoms with Gasteiger partial charge in [-0.2, -0.15) is 0 Å². The molecule has 134 valence electrons. The molecule has 0 spiro atoms. The minimum atomic E-state index is -3.05. The van der Waals surface area contributed by atoms with Crippen molar-refractivity contribution in [2.24, 2.45) is 0 Å². The first kappa shape index (κ1) is 23.0. The van der Waals surface area contributed by atoms with Gasteiger partial charge in [0.15, 0.2) is 0 Å². The first-order chi connectivity index (χ1) is 10.1. The van der Waals surface area contributed by atoms with Crippen molar-refractivity contribution in [3.05, 3.63) is 0 Å². The molecule has 0 bridgehead atoms. The zero-order chi connectivity index (χ0) is 17.0. The van der Waals surface area contributed by atoms with E-state index in [1.54, 1.807) is 0 Å². The minimum absolute atomic E-state index is 0.725. The summed E-state index contributed by atoms with van der Waals surface area (Å²) in [6.45, 7) is 19.3. The van der Waals surface area contributed by atoms with Crippen molar-refractivity contribution in [2.75, 3.05) is 5.75 Å². The Morgan fingerprint density at radius 2 is 1.05 bits per heavy atom. The molecule has 0 aliphatic carbocycles. The molecule has 1 aliphatic heterocycles.